The molecule has 0 saturated heterocycles. The van der Waals surface area contributed by atoms with Crippen molar-refractivity contribution in [2.24, 2.45) is 5.92 Å². The molecule has 6 heteroatoms. The van der Waals surface area contributed by atoms with Gasteiger partial charge in [0.2, 0.25) is 11.8 Å². The maximum atomic E-state index is 12.0. The van der Waals surface area contributed by atoms with Crippen LogP contribution in [0.5, 0.6) is 0 Å². The van der Waals surface area contributed by atoms with Crippen LogP contribution in [-0.4, -0.2) is 35.3 Å². The van der Waals surface area contributed by atoms with E-state index in [1.165, 1.54) is 12.2 Å². The Hall–Kier alpha value is -1.43. The first-order valence-corrected chi connectivity index (χ1v) is 7.18. The summed E-state index contributed by atoms with van der Waals surface area (Å²) < 4.78 is 5.35. The molecule has 1 heterocycles. The standard InChI is InChI=1S/C14H23N3O3/c1-9(2)12-15-13(20-16-12)10-5-7-11(8-6-10)14(18)17(3)19-4/h9-11H,5-8H2,1-4H3. The normalized spacial score (nSPS) is 23.1. The van der Waals surface area contributed by atoms with Crippen molar-refractivity contribution in [3.8, 4) is 0 Å². The molecule has 0 bridgehead atoms. The maximum absolute atomic E-state index is 12.0. The molecule has 0 radical (unpaired) electrons. The Labute approximate surface area is 119 Å². The van der Waals surface area contributed by atoms with Gasteiger partial charge in [0.25, 0.3) is 0 Å². The number of hydroxylamine groups is 2. The van der Waals surface area contributed by atoms with E-state index in [-0.39, 0.29) is 23.7 Å². The molecule has 0 unspecified atom stereocenters. The van der Waals surface area contributed by atoms with Crippen molar-refractivity contribution in [1.29, 1.82) is 0 Å². The van der Waals surface area contributed by atoms with Crippen LogP contribution in [0.25, 0.3) is 0 Å². The summed E-state index contributed by atoms with van der Waals surface area (Å²) >= 11 is 0. The van der Waals surface area contributed by atoms with E-state index in [0.29, 0.717) is 0 Å². The highest BCUT2D eigenvalue weighted by molar-refractivity contribution is 5.77. The summed E-state index contributed by atoms with van der Waals surface area (Å²) in [6.45, 7) is 4.09. The van der Waals surface area contributed by atoms with Crippen LogP contribution in [0.15, 0.2) is 4.52 Å². The SMILES string of the molecule is CON(C)C(=O)C1CCC(c2nc(C(C)C)no2)CC1. The monoisotopic (exact) mass is 281 g/mol. The van der Waals surface area contributed by atoms with Gasteiger partial charge in [-0.05, 0) is 25.7 Å². The van der Waals surface area contributed by atoms with Gasteiger partial charge in [-0.15, -0.1) is 0 Å². The van der Waals surface area contributed by atoms with E-state index in [2.05, 4.69) is 10.1 Å². The van der Waals surface area contributed by atoms with Gasteiger partial charge in [0, 0.05) is 24.8 Å². The first-order valence-electron chi connectivity index (χ1n) is 7.18. The van der Waals surface area contributed by atoms with Gasteiger partial charge in [-0.1, -0.05) is 19.0 Å². The third-order valence-corrected chi connectivity index (χ3v) is 3.98. The lowest BCUT2D eigenvalue weighted by atomic mass is 9.81. The molecule has 0 aliphatic heterocycles. The van der Waals surface area contributed by atoms with E-state index in [9.17, 15) is 4.79 Å². The lowest BCUT2D eigenvalue weighted by Crippen LogP contribution is -2.34. The molecule has 0 N–H and O–H groups in total. The van der Waals surface area contributed by atoms with Gasteiger partial charge < -0.3 is 4.52 Å². The van der Waals surface area contributed by atoms with Gasteiger partial charge in [-0.3, -0.25) is 9.63 Å². The molecular weight excluding hydrogens is 258 g/mol. The van der Waals surface area contributed by atoms with Crippen LogP contribution < -0.4 is 0 Å². The van der Waals surface area contributed by atoms with Crippen LogP contribution in [0.2, 0.25) is 0 Å². The lowest BCUT2D eigenvalue weighted by molar-refractivity contribution is -0.174. The minimum Gasteiger partial charge on any atom is -0.339 e. The highest BCUT2D eigenvalue weighted by atomic mass is 16.7. The third kappa shape index (κ3) is 3.17. The number of carbonyl (C=O) groups excluding carboxylic acids is 1. The topological polar surface area (TPSA) is 68.5 Å². The van der Waals surface area contributed by atoms with Crippen LogP contribution in [0.3, 0.4) is 0 Å². The quantitative estimate of drug-likeness (QED) is 0.793. The second-order valence-electron chi connectivity index (χ2n) is 5.71. The van der Waals surface area contributed by atoms with Crippen molar-refractivity contribution in [3.63, 3.8) is 0 Å². The molecular formula is C14H23N3O3. The molecule has 20 heavy (non-hydrogen) atoms. The minimum absolute atomic E-state index is 0.0451. The van der Waals surface area contributed by atoms with Crippen molar-refractivity contribution in [1.82, 2.24) is 15.2 Å². The lowest BCUT2D eigenvalue weighted by Gasteiger charge is -2.27. The first kappa shape index (κ1) is 15.0. The van der Waals surface area contributed by atoms with Crippen molar-refractivity contribution in [2.45, 2.75) is 51.4 Å². The molecule has 1 amide bonds. The van der Waals surface area contributed by atoms with E-state index in [1.54, 1.807) is 7.05 Å². The number of aromatic nitrogens is 2. The van der Waals surface area contributed by atoms with Crippen LogP contribution in [0.4, 0.5) is 0 Å². The Balaban J connectivity index is 1.92. The van der Waals surface area contributed by atoms with Gasteiger partial charge in [0.05, 0.1) is 7.11 Å². The Morgan fingerprint density at radius 2 is 2.00 bits per heavy atom. The molecule has 112 valence electrons. The van der Waals surface area contributed by atoms with Gasteiger partial charge in [0.1, 0.15) is 0 Å². The predicted molar refractivity (Wildman–Crippen MR) is 72.9 cm³/mol. The summed E-state index contributed by atoms with van der Waals surface area (Å²) in [5.74, 6) is 2.15. The van der Waals surface area contributed by atoms with Crippen molar-refractivity contribution < 1.29 is 14.2 Å². The molecule has 0 atom stereocenters. The summed E-state index contributed by atoms with van der Waals surface area (Å²) in [5, 5.41) is 5.32. The van der Waals surface area contributed by atoms with E-state index in [1.807, 2.05) is 13.8 Å². The van der Waals surface area contributed by atoms with Crippen molar-refractivity contribution >= 4 is 5.91 Å². The summed E-state index contributed by atoms with van der Waals surface area (Å²) in [4.78, 5) is 21.4. The van der Waals surface area contributed by atoms with E-state index in [4.69, 9.17) is 9.36 Å². The van der Waals surface area contributed by atoms with Gasteiger partial charge in [0.15, 0.2) is 5.82 Å². The molecule has 0 aromatic carbocycles. The van der Waals surface area contributed by atoms with E-state index in [0.717, 1.165) is 37.4 Å². The number of carbonyl (C=O) groups is 1. The number of hydrogen-bond donors (Lipinski definition) is 0. The van der Waals surface area contributed by atoms with Crippen LogP contribution >= 0.6 is 0 Å². The largest absolute Gasteiger partial charge is 0.339 e. The molecule has 1 aliphatic carbocycles. The second-order valence-corrected chi connectivity index (χ2v) is 5.71. The van der Waals surface area contributed by atoms with Crippen LogP contribution in [-0.2, 0) is 9.63 Å². The zero-order chi connectivity index (χ0) is 14.7. The predicted octanol–water partition coefficient (Wildman–Crippen LogP) is 2.49. The third-order valence-electron chi connectivity index (χ3n) is 3.98. The Bertz CT molecular complexity index is 450. The zero-order valence-electron chi connectivity index (χ0n) is 12.6. The summed E-state index contributed by atoms with van der Waals surface area (Å²) in [7, 11) is 3.16. The summed E-state index contributed by atoms with van der Waals surface area (Å²) in [6.07, 6.45) is 3.51. The minimum atomic E-state index is 0.0451. The number of hydrogen-bond acceptors (Lipinski definition) is 5. The fraction of sp³-hybridized carbons (Fsp3) is 0.786. The van der Waals surface area contributed by atoms with Gasteiger partial charge in [-0.2, -0.15) is 4.98 Å². The molecule has 1 aromatic heterocycles. The smallest absolute Gasteiger partial charge is 0.248 e. The summed E-state index contributed by atoms with van der Waals surface area (Å²) in [5.41, 5.74) is 0. The van der Waals surface area contributed by atoms with Gasteiger partial charge in [-0.25, -0.2) is 5.06 Å². The zero-order valence-corrected chi connectivity index (χ0v) is 12.6. The average Bonchev–Trinajstić information content (AvgIpc) is 2.96. The molecule has 1 fully saturated rings. The second kappa shape index (κ2) is 6.35. The molecule has 6 nitrogen and oxygen atoms in total. The van der Waals surface area contributed by atoms with Gasteiger partial charge >= 0.3 is 0 Å². The number of rotatable bonds is 4. The molecule has 0 spiro atoms. The summed E-state index contributed by atoms with van der Waals surface area (Å²) in [6, 6.07) is 0. The maximum Gasteiger partial charge on any atom is 0.248 e. The Morgan fingerprint density at radius 3 is 2.50 bits per heavy atom. The Kier molecular flexibility index (Phi) is 4.75. The Morgan fingerprint density at radius 1 is 1.35 bits per heavy atom. The van der Waals surface area contributed by atoms with Crippen molar-refractivity contribution in [3.05, 3.63) is 11.7 Å². The van der Waals surface area contributed by atoms with Crippen LogP contribution in [0, 0.1) is 5.92 Å². The highest BCUT2D eigenvalue weighted by Gasteiger charge is 2.31. The molecule has 2 rings (SSSR count). The van der Waals surface area contributed by atoms with E-state index < -0.39 is 0 Å². The fourth-order valence-electron chi connectivity index (χ4n) is 2.58. The highest BCUT2D eigenvalue weighted by Crippen LogP contribution is 2.36. The van der Waals surface area contributed by atoms with Crippen LogP contribution in [0.1, 0.15) is 63.1 Å². The van der Waals surface area contributed by atoms with Crippen molar-refractivity contribution in [2.75, 3.05) is 14.2 Å². The first-order chi connectivity index (χ1) is 9.52. The average molecular weight is 281 g/mol. The number of amides is 1. The molecule has 1 aromatic rings. The fourth-order valence-corrected chi connectivity index (χ4v) is 2.58. The van der Waals surface area contributed by atoms with E-state index >= 15 is 0 Å². The molecule has 1 saturated carbocycles. The number of nitrogens with zero attached hydrogens (tertiary/aromatic N) is 3. The molecule has 1 aliphatic rings.